The van der Waals surface area contributed by atoms with Crippen LogP contribution in [0, 0.1) is 0 Å². The van der Waals surface area contributed by atoms with Gasteiger partial charge in [0, 0.05) is 16.9 Å². The highest BCUT2D eigenvalue weighted by Gasteiger charge is 2.19. The average molecular weight is 393 g/mol. The predicted molar refractivity (Wildman–Crippen MR) is 104 cm³/mol. The molecule has 2 aromatic rings. The second-order valence-corrected chi connectivity index (χ2v) is 8.18. The molecule has 0 saturated carbocycles. The van der Waals surface area contributed by atoms with Crippen LogP contribution in [0.3, 0.4) is 0 Å². The number of halogens is 1. The Bertz CT molecular complexity index is 911. The maximum atomic E-state index is 12.5. The van der Waals surface area contributed by atoms with Gasteiger partial charge in [-0.25, -0.2) is 13.2 Å². The third kappa shape index (κ3) is 4.74. The van der Waals surface area contributed by atoms with Crippen molar-refractivity contribution in [3.05, 3.63) is 70.3 Å². The predicted octanol–water partition coefficient (Wildman–Crippen LogP) is 4.52. The number of carbonyl (C=O) groups excluding carboxylic acids is 1. The maximum Gasteiger partial charge on any atom is 0.334 e. The first-order valence-electron chi connectivity index (χ1n) is 8.24. The van der Waals surface area contributed by atoms with Gasteiger partial charge in [0.2, 0.25) is 0 Å². The molecule has 2 rings (SSSR count). The van der Waals surface area contributed by atoms with Crippen LogP contribution in [-0.2, 0) is 19.4 Å². The van der Waals surface area contributed by atoms with Crippen molar-refractivity contribution in [1.29, 1.82) is 0 Å². The van der Waals surface area contributed by atoms with E-state index in [9.17, 15) is 13.2 Å². The van der Waals surface area contributed by atoms with Crippen molar-refractivity contribution in [2.45, 2.75) is 25.2 Å². The second kappa shape index (κ2) is 8.52. The smallest absolute Gasteiger partial charge is 0.334 e. The van der Waals surface area contributed by atoms with Gasteiger partial charge in [0.15, 0.2) is 9.84 Å². The highest BCUT2D eigenvalue weighted by Crippen LogP contribution is 2.31. The highest BCUT2D eigenvalue weighted by atomic mass is 35.5. The van der Waals surface area contributed by atoms with E-state index in [2.05, 4.69) is 0 Å². The molecule has 0 heterocycles. The second-order valence-electron chi connectivity index (χ2n) is 5.73. The fraction of sp³-hybridized carbons (Fsp3) is 0.250. The molecule has 0 radical (unpaired) electrons. The number of hydrogen-bond donors (Lipinski definition) is 0. The molecule has 0 aliphatic rings. The maximum absolute atomic E-state index is 12.5. The molecule has 4 nitrogen and oxygen atoms in total. The van der Waals surface area contributed by atoms with Gasteiger partial charge in [0.25, 0.3) is 0 Å². The largest absolute Gasteiger partial charge is 0.463 e. The Labute approximate surface area is 159 Å². The first kappa shape index (κ1) is 20.2. The fourth-order valence-electron chi connectivity index (χ4n) is 2.64. The van der Waals surface area contributed by atoms with E-state index in [0.717, 1.165) is 17.4 Å². The number of carbonyl (C=O) groups is 1. The Morgan fingerprint density at radius 1 is 0.962 bits per heavy atom. The number of sulfone groups is 1. The summed E-state index contributed by atoms with van der Waals surface area (Å²) in [5, 5.41) is 0.592. The minimum absolute atomic E-state index is 0.228. The van der Waals surface area contributed by atoms with Crippen LogP contribution in [0.1, 0.15) is 31.4 Å². The fourth-order valence-corrected chi connectivity index (χ4v) is 3.40. The highest BCUT2D eigenvalue weighted by molar-refractivity contribution is 7.90. The van der Waals surface area contributed by atoms with Crippen LogP contribution in [0.4, 0.5) is 0 Å². The molecular weight excluding hydrogens is 372 g/mol. The molecule has 0 aliphatic carbocycles. The lowest BCUT2D eigenvalue weighted by Crippen LogP contribution is -2.10. The molecule has 0 amide bonds. The van der Waals surface area contributed by atoms with Crippen molar-refractivity contribution in [3.8, 4) is 0 Å². The molecule has 0 bridgehead atoms. The van der Waals surface area contributed by atoms with Crippen LogP contribution in [0.25, 0.3) is 5.57 Å². The van der Waals surface area contributed by atoms with Gasteiger partial charge in [-0.2, -0.15) is 0 Å². The number of rotatable bonds is 6. The van der Waals surface area contributed by atoms with Crippen molar-refractivity contribution in [1.82, 2.24) is 0 Å². The molecule has 0 fully saturated rings. The minimum Gasteiger partial charge on any atom is -0.463 e. The van der Waals surface area contributed by atoms with Gasteiger partial charge in [-0.05, 0) is 54.3 Å². The molecule has 0 unspecified atom stereocenters. The summed E-state index contributed by atoms with van der Waals surface area (Å²) in [5.41, 5.74) is 2.79. The summed E-state index contributed by atoms with van der Waals surface area (Å²) in [6.07, 6.45) is 1.64. The topological polar surface area (TPSA) is 60.4 Å². The molecule has 138 valence electrons. The summed E-state index contributed by atoms with van der Waals surface area (Å²) in [7, 11) is -3.29. The Hall–Kier alpha value is -2.11. The van der Waals surface area contributed by atoms with Crippen LogP contribution < -0.4 is 0 Å². The van der Waals surface area contributed by atoms with Crippen LogP contribution >= 0.6 is 11.6 Å². The van der Waals surface area contributed by atoms with E-state index in [1.807, 2.05) is 19.1 Å². The quantitative estimate of drug-likeness (QED) is 0.535. The molecule has 2 aromatic carbocycles. The Morgan fingerprint density at radius 2 is 1.46 bits per heavy atom. The Morgan fingerprint density at radius 3 is 1.88 bits per heavy atom. The minimum atomic E-state index is -3.29. The van der Waals surface area contributed by atoms with Crippen molar-refractivity contribution < 1.29 is 17.9 Å². The van der Waals surface area contributed by atoms with E-state index in [0.29, 0.717) is 22.6 Å². The average Bonchev–Trinajstić information content (AvgIpc) is 2.60. The van der Waals surface area contributed by atoms with Gasteiger partial charge in [0.05, 0.1) is 11.5 Å². The van der Waals surface area contributed by atoms with Crippen LogP contribution in [0.15, 0.2) is 59.0 Å². The first-order valence-corrected chi connectivity index (χ1v) is 10.5. The summed E-state index contributed by atoms with van der Waals surface area (Å²) >= 11 is 5.98. The third-order valence-electron chi connectivity index (χ3n) is 3.88. The van der Waals surface area contributed by atoms with E-state index < -0.39 is 9.84 Å². The van der Waals surface area contributed by atoms with E-state index in [4.69, 9.17) is 16.3 Å². The van der Waals surface area contributed by atoms with Gasteiger partial charge in [0.1, 0.15) is 0 Å². The van der Waals surface area contributed by atoms with E-state index in [1.165, 1.54) is 0 Å². The van der Waals surface area contributed by atoms with Crippen molar-refractivity contribution in [3.63, 3.8) is 0 Å². The molecule has 0 saturated heterocycles. The van der Waals surface area contributed by atoms with Gasteiger partial charge in [-0.1, -0.05) is 42.8 Å². The van der Waals surface area contributed by atoms with E-state index >= 15 is 0 Å². The summed E-state index contributed by atoms with van der Waals surface area (Å²) in [6, 6.07) is 13.6. The number of benzene rings is 2. The van der Waals surface area contributed by atoms with Crippen LogP contribution in [-0.4, -0.2) is 27.2 Å². The molecule has 0 atom stereocenters. The SMILES string of the molecule is CCOC(=O)C(CC)=C(c1ccc(Cl)cc1)c1ccc(S(C)(=O)=O)cc1. The standard InChI is InChI=1S/C20H21ClO4S/c1-4-18(20(22)25-5-2)19(14-6-10-16(21)11-7-14)15-8-12-17(13-9-15)26(3,23)24/h6-13H,4-5H2,1-3H3. The first-order chi connectivity index (χ1) is 12.3. The van der Waals surface area contributed by atoms with Crippen molar-refractivity contribution >= 4 is 33.0 Å². The van der Waals surface area contributed by atoms with Crippen molar-refractivity contribution in [2.75, 3.05) is 12.9 Å². The Balaban J connectivity index is 2.67. The summed E-state index contributed by atoms with van der Waals surface area (Å²) in [5.74, 6) is -0.382. The van der Waals surface area contributed by atoms with Crippen molar-refractivity contribution in [2.24, 2.45) is 0 Å². The zero-order valence-corrected chi connectivity index (χ0v) is 16.5. The van der Waals surface area contributed by atoms with E-state index in [1.54, 1.807) is 43.3 Å². The number of hydrogen-bond acceptors (Lipinski definition) is 4. The zero-order valence-electron chi connectivity index (χ0n) is 15.0. The van der Waals surface area contributed by atoms with Gasteiger partial charge < -0.3 is 4.74 Å². The summed E-state index contributed by atoms with van der Waals surface area (Å²) in [6.45, 7) is 3.92. The molecule has 6 heteroatoms. The number of esters is 1. The van der Waals surface area contributed by atoms with Gasteiger partial charge in [-0.3, -0.25) is 0 Å². The van der Waals surface area contributed by atoms with Gasteiger partial charge in [-0.15, -0.1) is 0 Å². The lowest BCUT2D eigenvalue weighted by Gasteiger charge is -2.15. The Kier molecular flexibility index (Phi) is 6.62. The molecular formula is C20H21ClO4S. The molecule has 0 N–H and O–H groups in total. The van der Waals surface area contributed by atoms with Crippen LogP contribution in [0.5, 0.6) is 0 Å². The lowest BCUT2D eigenvalue weighted by atomic mass is 9.92. The van der Waals surface area contributed by atoms with Crippen LogP contribution in [0.2, 0.25) is 5.02 Å². The molecule has 0 spiro atoms. The zero-order chi connectivity index (χ0) is 19.3. The normalized spacial score (nSPS) is 12.5. The summed E-state index contributed by atoms with van der Waals surface area (Å²) in [4.78, 5) is 12.7. The molecule has 0 aliphatic heterocycles. The van der Waals surface area contributed by atoms with E-state index in [-0.39, 0.29) is 17.5 Å². The molecule has 26 heavy (non-hydrogen) atoms. The summed E-state index contributed by atoms with van der Waals surface area (Å²) < 4.78 is 28.6. The lowest BCUT2D eigenvalue weighted by molar-refractivity contribution is -0.138. The third-order valence-corrected chi connectivity index (χ3v) is 5.26. The molecule has 0 aromatic heterocycles. The monoisotopic (exact) mass is 392 g/mol. The van der Waals surface area contributed by atoms with Gasteiger partial charge >= 0.3 is 5.97 Å². The number of ether oxygens (including phenoxy) is 1.